The molecule has 0 radical (unpaired) electrons. The van der Waals surface area contributed by atoms with Crippen molar-refractivity contribution < 1.29 is 9.84 Å². The molecule has 1 aromatic carbocycles. The minimum absolute atomic E-state index is 0. The van der Waals surface area contributed by atoms with Gasteiger partial charge < -0.3 is 15.6 Å². The Hall–Kier alpha value is -1.09. The molecule has 0 aromatic heterocycles. The second-order valence-electron chi connectivity index (χ2n) is 2.15. The van der Waals surface area contributed by atoms with Gasteiger partial charge in [-0.1, -0.05) is 0 Å². The van der Waals surface area contributed by atoms with Crippen LogP contribution in [0, 0.1) is 0 Å². The Bertz CT molecular complexity index is 253. The van der Waals surface area contributed by atoms with E-state index in [1.807, 2.05) is 6.92 Å². The maximum atomic E-state index is 9.12. The summed E-state index contributed by atoms with van der Waals surface area (Å²) >= 11 is 0. The lowest BCUT2D eigenvalue weighted by Crippen LogP contribution is -1.92. The van der Waals surface area contributed by atoms with E-state index in [1.165, 1.54) is 6.07 Å². The van der Waals surface area contributed by atoms with E-state index in [9.17, 15) is 0 Å². The number of ether oxygens (including phenoxy) is 1. The first-order valence-electron chi connectivity index (χ1n) is 3.45. The van der Waals surface area contributed by atoms with Gasteiger partial charge >= 0.3 is 0 Å². The van der Waals surface area contributed by atoms with Crippen LogP contribution in [-0.2, 0) is 0 Å². The first kappa shape index (κ1) is 10.9. The average Bonchev–Trinajstić information content (AvgIpc) is 1.98. The molecule has 0 amide bonds. The number of benzene rings is 1. The summed E-state index contributed by atoms with van der Waals surface area (Å²) in [6.07, 6.45) is 0. The fourth-order valence-corrected chi connectivity index (χ4v) is 0.780. The topological polar surface area (TPSA) is 55.5 Å². The van der Waals surface area contributed by atoms with Crippen LogP contribution in [0.5, 0.6) is 11.5 Å². The summed E-state index contributed by atoms with van der Waals surface area (Å²) < 4.78 is 5.13. The Morgan fingerprint density at radius 2 is 2.17 bits per heavy atom. The molecule has 1 aromatic rings. The predicted molar refractivity (Wildman–Crippen MR) is 50.9 cm³/mol. The van der Waals surface area contributed by atoms with Crippen molar-refractivity contribution in [3.05, 3.63) is 18.2 Å². The molecule has 1 rings (SSSR count). The molecule has 0 spiro atoms. The number of phenolic OH excluding ortho intramolecular Hbond substituents is 1. The highest BCUT2D eigenvalue weighted by molar-refractivity contribution is 5.85. The summed E-state index contributed by atoms with van der Waals surface area (Å²) in [6, 6.07) is 4.83. The second kappa shape index (κ2) is 4.72. The summed E-state index contributed by atoms with van der Waals surface area (Å²) in [5, 5.41) is 9.12. The lowest BCUT2D eigenvalue weighted by atomic mass is 10.3. The third kappa shape index (κ3) is 2.51. The van der Waals surface area contributed by atoms with Gasteiger partial charge in [0, 0.05) is 6.07 Å². The van der Waals surface area contributed by atoms with E-state index in [4.69, 9.17) is 15.6 Å². The fraction of sp³-hybridized carbons (Fsp3) is 0.250. The van der Waals surface area contributed by atoms with Crippen LogP contribution in [0.4, 0.5) is 5.69 Å². The third-order valence-corrected chi connectivity index (χ3v) is 1.31. The molecule has 0 heterocycles. The summed E-state index contributed by atoms with van der Waals surface area (Å²) in [4.78, 5) is 0. The van der Waals surface area contributed by atoms with E-state index in [0.29, 0.717) is 18.0 Å². The normalized spacial score (nSPS) is 8.75. The molecule has 12 heavy (non-hydrogen) atoms. The van der Waals surface area contributed by atoms with Gasteiger partial charge in [0.15, 0.2) is 0 Å². The molecular weight excluding hydrogens is 178 g/mol. The highest BCUT2D eigenvalue weighted by Gasteiger charge is 1.97. The zero-order chi connectivity index (χ0) is 8.27. The maximum Gasteiger partial charge on any atom is 0.142 e. The molecule has 0 aliphatic rings. The van der Waals surface area contributed by atoms with Crippen LogP contribution in [0.1, 0.15) is 6.92 Å². The van der Waals surface area contributed by atoms with E-state index in [0.717, 1.165) is 0 Å². The fourth-order valence-electron chi connectivity index (χ4n) is 0.780. The summed E-state index contributed by atoms with van der Waals surface area (Å²) in [7, 11) is 0. The van der Waals surface area contributed by atoms with Crippen molar-refractivity contribution in [2.75, 3.05) is 12.3 Å². The van der Waals surface area contributed by atoms with Gasteiger partial charge in [0.2, 0.25) is 0 Å². The molecule has 0 atom stereocenters. The lowest BCUT2D eigenvalue weighted by Gasteiger charge is -2.03. The number of nitrogen functional groups attached to an aromatic ring is 1. The zero-order valence-corrected chi connectivity index (χ0v) is 7.60. The Morgan fingerprint density at radius 1 is 1.50 bits per heavy atom. The largest absolute Gasteiger partial charge is 0.506 e. The number of phenols is 1. The van der Waals surface area contributed by atoms with Crippen molar-refractivity contribution in [1.29, 1.82) is 0 Å². The van der Waals surface area contributed by atoms with Gasteiger partial charge in [-0.2, -0.15) is 0 Å². The molecule has 3 N–H and O–H groups in total. The van der Waals surface area contributed by atoms with Crippen LogP contribution >= 0.6 is 12.4 Å². The molecule has 0 saturated carbocycles. The molecule has 68 valence electrons. The second-order valence-corrected chi connectivity index (χ2v) is 2.15. The van der Waals surface area contributed by atoms with E-state index in [-0.39, 0.29) is 18.2 Å². The van der Waals surface area contributed by atoms with Gasteiger partial charge in [0.25, 0.3) is 0 Å². The highest BCUT2D eigenvalue weighted by Crippen LogP contribution is 2.24. The van der Waals surface area contributed by atoms with Gasteiger partial charge in [-0.05, 0) is 19.1 Å². The maximum absolute atomic E-state index is 9.12. The van der Waals surface area contributed by atoms with Crippen LogP contribution in [0.25, 0.3) is 0 Å². The monoisotopic (exact) mass is 189 g/mol. The van der Waals surface area contributed by atoms with Gasteiger partial charge in [-0.3, -0.25) is 0 Å². The van der Waals surface area contributed by atoms with Crippen LogP contribution in [-0.4, -0.2) is 11.7 Å². The van der Waals surface area contributed by atoms with E-state index < -0.39 is 0 Å². The Labute approximate surface area is 77.6 Å². The van der Waals surface area contributed by atoms with Crippen molar-refractivity contribution in [3.8, 4) is 11.5 Å². The van der Waals surface area contributed by atoms with Crippen LogP contribution in [0.2, 0.25) is 0 Å². The van der Waals surface area contributed by atoms with Gasteiger partial charge in [0.05, 0.1) is 12.3 Å². The Morgan fingerprint density at radius 3 is 2.67 bits per heavy atom. The molecule has 0 fully saturated rings. The number of nitrogens with two attached hydrogens (primary N) is 1. The van der Waals surface area contributed by atoms with Crippen molar-refractivity contribution in [1.82, 2.24) is 0 Å². The average molecular weight is 190 g/mol. The van der Waals surface area contributed by atoms with Crippen LogP contribution < -0.4 is 10.5 Å². The number of halogens is 1. The molecule has 0 aliphatic carbocycles. The van der Waals surface area contributed by atoms with Crippen molar-refractivity contribution >= 4 is 18.1 Å². The number of hydrogen-bond donors (Lipinski definition) is 2. The van der Waals surface area contributed by atoms with Crippen molar-refractivity contribution in [3.63, 3.8) is 0 Å². The number of aromatic hydroxyl groups is 1. The minimum Gasteiger partial charge on any atom is -0.506 e. The van der Waals surface area contributed by atoms with Gasteiger partial charge in [-0.25, -0.2) is 0 Å². The minimum atomic E-state index is 0. The van der Waals surface area contributed by atoms with E-state index >= 15 is 0 Å². The SMILES string of the molecule is CCOc1ccc(N)c(O)c1.Cl. The highest BCUT2D eigenvalue weighted by atomic mass is 35.5. The quantitative estimate of drug-likeness (QED) is 0.551. The number of hydrogen-bond acceptors (Lipinski definition) is 3. The zero-order valence-electron chi connectivity index (χ0n) is 6.78. The molecule has 4 heteroatoms. The molecule has 0 saturated heterocycles. The number of rotatable bonds is 2. The summed E-state index contributed by atoms with van der Waals surface area (Å²) in [5.41, 5.74) is 5.75. The summed E-state index contributed by atoms with van der Waals surface area (Å²) in [5.74, 6) is 0.704. The lowest BCUT2D eigenvalue weighted by molar-refractivity contribution is 0.338. The van der Waals surface area contributed by atoms with Crippen molar-refractivity contribution in [2.45, 2.75) is 6.92 Å². The standard InChI is InChI=1S/C8H11NO2.ClH/c1-2-11-6-3-4-7(9)8(10)5-6;/h3-5,10H,2,9H2,1H3;1H. The molecule has 0 bridgehead atoms. The first-order chi connectivity index (χ1) is 5.24. The van der Waals surface area contributed by atoms with Crippen LogP contribution in [0.3, 0.4) is 0 Å². The van der Waals surface area contributed by atoms with Gasteiger partial charge in [-0.15, -0.1) is 12.4 Å². The smallest absolute Gasteiger partial charge is 0.142 e. The first-order valence-corrected chi connectivity index (χ1v) is 3.45. The van der Waals surface area contributed by atoms with Crippen molar-refractivity contribution in [2.24, 2.45) is 0 Å². The molecular formula is C8H12ClNO2. The molecule has 3 nitrogen and oxygen atoms in total. The number of anilines is 1. The van der Waals surface area contributed by atoms with Crippen LogP contribution in [0.15, 0.2) is 18.2 Å². The Balaban J connectivity index is 0.00000121. The van der Waals surface area contributed by atoms with E-state index in [2.05, 4.69) is 0 Å². The predicted octanol–water partition coefficient (Wildman–Crippen LogP) is 1.79. The van der Waals surface area contributed by atoms with Gasteiger partial charge in [0.1, 0.15) is 11.5 Å². The Kier molecular flexibility index (Phi) is 4.29. The van der Waals surface area contributed by atoms with E-state index in [1.54, 1.807) is 12.1 Å². The third-order valence-electron chi connectivity index (χ3n) is 1.31. The summed E-state index contributed by atoms with van der Waals surface area (Å²) in [6.45, 7) is 2.47. The molecule has 0 aliphatic heterocycles. The molecule has 0 unspecified atom stereocenters.